The lowest BCUT2D eigenvalue weighted by Crippen LogP contribution is -2.30. The Hall–Kier alpha value is -2.86. The van der Waals surface area contributed by atoms with Gasteiger partial charge in [0.15, 0.2) is 5.17 Å². The second-order valence-corrected chi connectivity index (χ2v) is 6.12. The quantitative estimate of drug-likeness (QED) is 0.625. The number of carbonyl (C=O) groups excluding carboxylic acids is 2. The third-order valence-electron chi connectivity index (χ3n) is 3.49. The number of rotatable bonds is 4. The highest BCUT2D eigenvalue weighted by Gasteiger charge is 2.32. The van der Waals surface area contributed by atoms with Crippen LogP contribution in [-0.4, -0.2) is 29.9 Å². The first-order valence-electron chi connectivity index (χ1n) is 7.63. The fraction of sp³-hybridized carbons (Fsp3) is 0.105. The molecule has 2 aromatic rings. The first-order chi connectivity index (χ1) is 12.2. The molecule has 0 N–H and O–H groups in total. The molecule has 0 aromatic heterocycles. The Bertz CT molecular complexity index is 832. The number of aliphatic imine (C=N–C) groups is 1. The van der Waals surface area contributed by atoms with Gasteiger partial charge in [0, 0.05) is 0 Å². The lowest BCUT2D eigenvalue weighted by molar-refractivity contribution is -0.137. The predicted molar refractivity (Wildman–Crippen MR) is 100 cm³/mol. The molecule has 0 saturated heterocycles. The number of esters is 1. The molecule has 0 atom stereocenters. The van der Waals surface area contributed by atoms with Gasteiger partial charge in [0.05, 0.1) is 18.6 Å². The van der Waals surface area contributed by atoms with Crippen molar-refractivity contribution in [3.05, 3.63) is 71.9 Å². The van der Waals surface area contributed by atoms with Crippen LogP contribution in [0.4, 0.5) is 5.69 Å². The second kappa shape index (κ2) is 7.81. The minimum atomic E-state index is -0.367. The van der Waals surface area contributed by atoms with Gasteiger partial charge in [0.2, 0.25) is 0 Å². The summed E-state index contributed by atoms with van der Waals surface area (Å²) >= 11 is 1.18. The Morgan fingerprint density at radius 1 is 1.12 bits per heavy atom. The van der Waals surface area contributed by atoms with E-state index in [1.165, 1.54) is 23.8 Å². The third kappa shape index (κ3) is 3.97. The smallest absolute Gasteiger partial charge is 0.316 e. The third-order valence-corrected chi connectivity index (χ3v) is 4.41. The van der Waals surface area contributed by atoms with Crippen molar-refractivity contribution in [2.75, 3.05) is 17.8 Å². The summed E-state index contributed by atoms with van der Waals surface area (Å²) in [7, 11) is 1.33. The number of amides is 1. The number of thioether (sulfide) groups is 1. The van der Waals surface area contributed by atoms with Crippen LogP contribution in [0.1, 0.15) is 5.56 Å². The van der Waals surface area contributed by atoms with Gasteiger partial charge in [0.1, 0.15) is 5.70 Å². The van der Waals surface area contributed by atoms with Gasteiger partial charge in [-0.1, -0.05) is 60.3 Å². The zero-order chi connectivity index (χ0) is 17.6. The first kappa shape index (κ1) is 17.0. The van der Waals surface area contributed by atoms with Crippen LogP contribution in [0.5, 0.6) is 0 Å². The van der Waals surface area contributed by atoms with Crippen LogP contribution in [0, 0.1) is 0 Å². The Balaban J connectivity index is 1.93. The lowest BCUT2D eigenvalue weighted by Gasteiger charge is -2.17. The van der Waals surface area contributed by atoms with E-state index in [2.05, 4.69) is 9.73 Å². The molecule has 5 nitrogen and oxygen atoms in total. The topological polar surface area (TPSA) is 59.0 Å². The summed E-state index contributed by atoms with van der Waals surface area (Å²) < 4.78 is 4.67. The van der Waals surface area contributed by atoms with Crippen molar-refractivity contribution < 1.29 is 14.3 Å². The van der Waals surface area contributed by atoms with E-state index < -0.39 is 0 Å². The summed E-state index contributed by atoms with van der Waals surface area (Å²) in [6.07, 6.45) is 1.74. The number of nitrogens with zero attached hydrogens (tertiary/aromatic N) is 2. The number of amidine groups is 1. The van der Waals surface area contributed by atoms with Gasteiger partial charge in [-0.05, 0) is 23.8 Å². The highest BCUT2D eigenvalue weighted by atomic mass is 32.2. The molecule has 0 bridgehead atoms. The normalized spacial score (nSPS) is 15.4. The van der Waals surface area contributed by atoms with Crippen molar-refractivity contribution in [3.63, 3.8) is 0 Å². The van der Waals surface area contributed by atoms with E-state index in [-0.39, 0.29) is 17.6 Å². The molecular formula is C19H16N2O3S. The molecule has 126 valence electrons. The minimum absolute atomic E-state index is 0.0879. The molecular weight excluding hydrogens is 336 g/mol. The van der Waals surface area contributed by atoms with Gasteiger partial charge >= 0.3 is 5.97 Å². The van der Waals surface area contributed by atoms with Crippen molar-refractivity contribution in [1.82, 2.24) is 0 Å². The van der Waals surface area contributed by atoms with Crippen molar-refractivity contribution in [2.24, 2.45) is 4.99 Å². The Morgan fingerprint density at radius 2 is 1.76 bits per heavy atom. The highest BCUT2D eigenvalue weighted by molar-refractivity contribution is 8.14. The fourth-order valence-electron chi connectivity index (χ4n) is 2.29. The van der Waals surface area contributed by atoms with Crippen molar-refractivity contribution in [3.8, 4) is 0 Å². The summed E-state index contributed by atoms with van der Waals surface area (Å²) in [5.41, 5.74) is 1.93. The Labute approximate surface area is 150 Å². The predicted octanol–water partition coefficient (Wildman–Crippen LogP) is 3.34. The van der Waals surface area contributed by atoms with E-state index in [9.17, 15) is 9.59 Å². The number of methoxy groups -OCH3 is 1. The number of ether oxygens (including phenoxy) is 1. The lowest BCUT2D eigenvalue weighted by atomic mass is 10.2. The molecule has 0 aliphatic carbocycles. The van der Waals surface area contributed by atoms with Gasteiger partial charge in [-0.15, -0.1) is 0 Å². The number of benzene rings is 2. The van der Waals surface area contributed by atoms with E-state index in [0.29, 0.717) is 16.6 Å². The first-order valence-corrected chi connectivity index (χ1v) is 8.62. The molecule has 6 heteroatoms. The summed E-state index contributed by atoms with van der Waals surface area (Å²) in [6, 6.07) is 18.8. The molecule has 1 aliphatic rings. The second-order valence-electron chi connectivity index (χ2n) is 5.18. The van der Waals surface area contributed by atoms with Crippen LogP contribution >= 0.6 is 11.8 Å². The van der Waals surface area contributed by atoms with Crippen LogP contribution < -0.4 is 4.90 Å². The molecule has 0 radical (unpaired) electrons. The van der Waals surface area contributed by atoms with E-state index in [1.807, 2.05) is 60.7 Å². The number of hydrogen-bond donors (Lipinski definition) is 0. The molecule has 0 spiro atoms. The average Bonchev–Trinajstić information content (AvgIpc) is 2.96. The number of para-hydroxylation sites is 1. The largest absolute Gasteiger partial charge is 0.468 e. The van der Waals surface area contributed by atoms with Gasteiger partial charge in [-0.25, -0.2) is 4.99 Å². The zero-order valence-electron chi connectivity index (χ0n) is 13.6. The van der Waals surface area contributed by atoms with E-state index >= 15 is 0 Å². The number of hydrogen-bond acceptors (Lipinski definition) is 5. The molecule has 3 rings (SSSR count). The highest BCUT2D eigenvalue weighted by Crippen LogP contribution is 2.29. The van der Waals surface area contributed by atoms with Crippen LogP contribution in [0.2, 0.25) is 0 Å². The van der Waals surface area contributed by atoms with Gasteiger partial charge in [-0.2, -0.15) is 0 Å². The van der Waals surface area contributed by atoms with Crippen molar-refractivity contribution in [1.29, 1.82) is 0 Å². The average molecular weight is 352 g/mol. The summed E-state index contributed by atoms with van der Waals surface area (Å²) in [5, 5.41) is 0.462. The van der Waals surface area contributed by atoms with Gasteiger partial charge in [-0.3, -0.25) is 14.5 Å². The molecule has 1 heterocycles. The Morgan fingerprint density at radius 3 is 2.40 bits per heavy atom. The summed E-state index contributed by atoms with van der Waals surface area (Å²) in [5.74, 6) is -0.499. The van der Waals surface area contributed by atoms with E-state index in [4.69, 9.17) is 0 Å². The maximum absolute atomic E-state index is 12.8. The summed E-state index contributed by atoms with van der Waals surface area (Å²) in [4.78, 5) is 30.3. The molecule has 0 fully saturated rings. The standard InChI is InChI=1S/C19H16N2O3S/c1-24-17(22)13-25-19-20-16(12-14-8-4-2-5-9-14)18(23)21(19)15-10-6-3-7-11-15/h2-12H,13H2,1H3/b16-12+. The number of anilines is 1. The maximum atomic E-state index is 12.8. The number of carbonyl (C=O) groups is 2. The zero-order valence-corrected chi connectivity index (χ0v) is 14.4. The monoisotopic (exact) mass is 352 g/mol. The van der Waals surface area contributed by atoms with Gasteiger partial charge in [0.25, 0.3) is 5.91 Å². The van der Waals surface area contributed by atoms with Crippen LogP contribution in [0.3, 0.4) is 0 Å². The molecule has 0 saturated carbocycles. The van der Waals surface area contributed by atoms with Crippen LogP contribution in [-0.2, 0) is 14.3 Å². The molecule has 1 aliphatic heterocycles. The van der Waals surface area contributed by atoms with Crippen molar-refractivity contribution >= 4 is 40.6 Å². The molecule has 2 aromatic carbocycles. The molecule has 25 heavy (non-hydrogen) atoms. The molecule has 0 unspecified atom stereocenters. The fourth-order valence-corrected chi connectivity index (χ4v) is 3.13. The van der Waals surface area contributed by atoms with Crippen molar-refractivity contribution in [2.45, 2.75) is 0 Å². The summed E-state index contributed by atoms with van der Waals surface area (Å²) in [6.45, 7) is 0. The van der Waals surface area contributed by atoms with Crippen LogP contribution in [0.15, 0.2) is 71.4 Å². The Kier molecular flexibility index (Phi) is 5.30. The van der Waals surface area contributed by atoms with Gasteiger partial charge < -0.3 is 4.74 Å². The minimum Gasteiger partial charge on any atom is -0.468 e. The van der Waals surface area contributed by atoms with E-state index in [1.54, 1.807) is 6.08 Å². The van der Waals surface area contributed by atoms with E-state index in [0.717, 1.165) is 5.56 Å². The maximum Gasteiger partial charge on any atom is 0.316 e. The molecule has 1 amide bonds. The van der Waals surface area contributed by atoms with Crippen LogP contribution in [0.25, 0.3) is 6.08 Å². The SMILES string of the molecule is COC(=O)CSC1=N/C(=C/c2ccccc2)C(=O)N1c1ccccc1.